The first-order chi connectivity index (χ1) is 12.0. The molecule has 2 N–H and O–H groups in total. The molecule has 1 unspecified atom stereocenters. The van der Waals surface area contributed by atoms with Gasteiger partial charge in [-0.3, -0.25) is 4.79 Å². The van der Waals surface area contributed by atoms with E-state index < -0.39 is 0 Å². The van der Waals surface area contributed by atoms with Gasteiger partial charge in [-0.15, -0.1) is 0 Å². The molecule has 0 spiro atoms. The molecule has 2 aromatic carbocycles. The van der Waals surface area contributed by atoms with Crippen molar-refractivity contribution in [2.24, 2.45) is 0 Å². The highest BCUT2D eigenvalue weighted by Crippen LogP contribution is 2.29. The average Bonchev–Trinajstić information content (AvgIpc) is 2.62. The maximum Gasteiger partial charge on any atom is 0.282 e. The molecule has 0 aliphatic rings. The summed E-state index contributed by atoms with van der Waals surface area (Å²) in [5, 5.41) is 2.96. The van der Waals surface area contributed by atoms with E-state index in [1.54, 1.807) is 14.2 Å². The molecule has 2 aromatic rings. The summed E-state index contributed by atoms with van der Waals surface area (Å²) < 4.78 is 10.7. The number of likely N-dealkylation sites (N-methyl/N-ethyl adjacent to an activating group) is 1. The molecule has 0 heterocycles. The van der Waals surface area contributed by atoms with Gasteiger partial charge in [-0.05, 0) is 43.7 Å². The van der Waals surface area contributed by atoms with Crippen LogP contribution < -0.4 is 19.7 Å². The van der Waals surface area contributed by atoms with Gasteiger partial charge in [0.2, 0.25) is 0 Å². The van der Waals surface area contributed by atoms with E-state index in [-0.39, 0.29) is 11.9 Å². The Labute approximate surface area is 149 Å². The van der Waals surface area contributed by atoms with Crippen molar-refractivity contribution >= 4 is 11.6 Å². The van der Waals surface area contributed by atoms with E-state index in [0.717, 1.165) is 34.0 Å². The van der Waals surface area contributed by atoms with Crippen molar-refractivity contribution in [3.63, 3.8) is 0 Å². The first kappa shape index (κ1) is 18.8. The maximum absolute atomic E-state index is 12.5. The fourth-order valence-corrected chi connectivity index (χ4v) is 2.66. The molecule has 0 fully saturated rings. The van der Waals surface area contributed by atoms with Gasteiger partial charge in [0.1, 0.15) is 6.54 Å². The minimum absolute atomic E-state index is 0.00169. The van der Waals surface area contributed by atoms with Crippen molar-refractivity contribution in [1.82, 2.24) is 0 Å². The lowest BCUT2D eigenvalue weighted by Gasteiger charge is -2.22. The third-order valence-electron chi connectivity index (χ3n) is 4.49. The summed E-state index contributed by atoms with van der Waals surface area (Å²) in [6.45, 7) is 4.69. The highest BCUT2D eigenvalue weighted by molar-refractivity contribution is 5.93. The molecule has 0 radical (unpaired) electrons. The number of rotatable bonds is 7. The van der Waals surface area contributed by atoms with Crippen LogP contribution in [-0.4, -0.2) is 33.2 Å². The number of amides is 1. The normalized spacial score (nSPS) is 13.0. The van der Waals surface area contributed by atoms with Gasteiger partial charge >= 0.3 is 0 Å². The molecule has 0 aliphatic heterocycles. The summed E-state index contributed by atoms with van der Waals surface area (Å²) in [6.07, 6.45) is 0. The number of aryl methyl sites for hydroxylation is 1. The minimum Gasteiger partial charge on any atom is -0.493 e. The van der Waals surface area contributed by atoms with Crippen LogP contribution in [0.5, 0.6) is 11.5 Å². The fourth-order valence-electron chi connectivity index (χ4n) is 2.66. The Morgan fingerprint density at radius 1 is 1.12 bits per heavy atom. The molecule has 0 aliphatic carbocycles. The number of anilines is 1. The molecule has 5 nitrogen and oxygen atoms in total. The summed E-state index contributed by atoms with van der Waals surface area (Å²) in [6, 6.07) is 13.3. The highest BCUT2D eigenvalue weighted by atomic mass is 16.5. The molecule has 2 rings (SSSR count). The summed E-state index contributed by atoms with van der Waals surface area (Å²) in [7, 11) is 5.28. The van der Waals surface area contributed by atoms with E-state index in [2.05, 4.69) is 5.32 Å². The number of hydrogen-bond donors (Lipinski definition) is 2. The summed E-state index contributed by atoms with van der Waals surface area (Å²) >= 11 is 0. The number of benzene rings is 2. The number of para-hydroxylation sites is 1. The third-order valence-corrected chi connectivity index (χ3v) is 4.49. The number of quaternary nitrogens is 1. The largest absolute Gasteiger partial charge is 0.493 e. The summed E-state index contributed by atoms with van der Waals surface area (Å²) in [4.78, 5) is 13.6. The third kappa shape index (κ3) is 4.73. The Morgan fingerprint density at radius 2 is 1.72 bits per heavy atom. The van der Waals surface area contributed by atoms with Crippen LogP contribution in [0.4, 0.5) is 5.69 Å². The SMILES string of the molecule is COc1cc(C)c(C[NH+](C)[C@H](C)C(=O)Nc2ccccc2)cc1OC. The van der Waals surface area contributed by atoms with Gasteiger partial charge in [-0.1, -0.05) is 18.2 Å². The van der Waals surface area contributed by atoms with Crippen molar-refractivity contribution in [1.29, 1.82) is 0 Å². The second-order valence-corrected chi connectivity index (χ2v) is 6.23. The van der Waals surface area contributed by atoms with Gasteiger partial charge in [0.25, 0.3) is 5.91 Å². The van der Waals surface area contributed by atoms with Crippen molar-refractivity contribution in [3.05, 3.63) is 53.6 Å². The Kier molecular flexibility index (Phi) is 6.42. The lowest BCUT2D eigenvalue weighted by atomic mass is 10.1. The molecule has 0 aromatic heterocycles. The monoisotopic (exact) mass is 343 g/mol. The number of carbonyl (C=O) groups excluding carboxylic acids is 1. The van der Waals surface area contributed by atoms with Gasteiger partial charge in [-0.25, -0.2) is 0 Å². The number of ether oxygens (including phenoxy) is 2. The van der Waals surface area contributed by atoms with Crippen molar-refractivity contribution in [3.8, 4) is 11.5 Å². The van der Waals surface area contributed by atoms with Crippen LogP contribution in [-0.2, 0) is 11.3 Å². The van der Waals surface area contributed by atoms with E-state index >= 15 is 0 Å². The first-order valence-corrected chi connectivity index (χ1v) is 8.36. The van der Waals surface area contributed by atoms with Crippen LogP contribution in [0.15, 0.2) is 42.5 Å². The minimum atomic E-state index is -0.187. The Hall–Kier alpha value is -2.53. The molecule has 134 valence electrons. The summed E-state index contributed by atoms with van der Waals surface area (Å²) in [5.74, 6) is 1.43. The number of nitrogens with one attached hydrogen (secondary N) is 2. The molecule has 0 bridgehead atoms. The number of methoxy groups -OCH3 is 2. The van der Waals surface area contributed by atoms with Crippen LogP contribution >= 0.6 is 0 Å². The van der Waals surface area contributed by atoms with Gasteiger partial charge in [0.15, 0.2) is 17.5 Å². The Morgan fingerprint density at radius 3 is 2.32 bits per heavy atom. The van der Waals surface area contributed by atoms with E-state index in [0.29, 0.717) is 5.75 Å². The Bertz CT molecular complexity index is 716. The van der Waals surface area contributed by atoms with Crippen LogP contribution in [0.25, 0.3) is 0 Å². The standard InChI is InChI=1S/C20H26N2O3/c1-14-11-18(24-4)19(25-5)12-16(14)13-22(3)15(2)20(23)21-17-9-7-6-8-10-17/h6-12,15H,13H2,1-5H3,(H,21,23)/p+1/t15-/m1/s1. The second-order valence-electron chi connectivity index (χ2n) is 6.23. The van der Waals surface area contributed by atoms with Gasteiger partial charge < -0.3 is 19.7 Å². The second kappa shape index (κ2) is 8.53. The van der Waals surface area contributed by atoms with E-state index in [4.69, 9.17) is 9.47 Å². The molecule has 25 heavy (non-hydrogen) atoms. The van der Waals surface area contributed by atoms with Gasteiger partial charge in [-0.2, -0.15) is 0 Å². The van der Waals surface area contributed by atoms with Crippen molar-refractivity contribution in [2.75, 3.05) is 26.6 Å². The topological polar surface area (TPSA) is 52.0 Å². The predicted octanol–water partition coefficient (Wildman–Crippen LogP) is 2.05. The van der Waals surface area contributed by atoms with Crippen LogP contribution in [0.1, 0.15) is 18.1 Å². The molecule has 1 amide bonds. The quantitative estimate of drug-likeness (QED) is 0.809. The highest BCUT2D eigenvalue weighted by Gasteiger charge is 2.23. The molecule has 2 atom stereocenters. The van der Waals surface area contributed by atoms with E-state index in [1.165, 1.54) is 0 Å². The van der Waals surface area contributed by atoms with E-state index in [1.807, 2.05) is 63.4 Å². The van der Waals surface area contributed by atoms with Crippen LogP contribution in [0, 0.1) is 6.92 Å². The number of hydrogen-bond acceptors (Lipinski definition) is 3. The zero-order chi connectivity index (χ0) is 18.4. The first-order valence-electron chi connectivity index (χ1n) is 8.36. The molecule has 5 heteroatoms. The number of carbonyl (C=O) groups is 1. The molecule has 0 saturated carbocycles. The lowest BCUT2D eigenvalue weighted by Crippen LogP contribution is -3.12. The van der Waals surface area contributed by atoms with Crippen molar-refractivity contribution < 1.29 is 19.2 Å². The zero-order valence-electron chi connectivity index (χ0n) is 15.6. The van der Waals surface area contributed by atoms with Crippen LogP contribution in [0.2, 0.25) is 0 Å². The summed E-state index contributed by atoms with van der Waals surface area (Å²) in [5.41, 5.74) is 3.07. The predicted molar refractivity (Wildman–Crippen MR) is 99.4 cm³/mol. The fraction of sp³-hybridized carbons (Fsp3) is 0.350. The van der Waals surface area contributed by atoms with Gasteiger partial charge in [0.05, 0.1) is 21.3 Å². The maximum atomic E-state index is 12.5. The lowest BCUT2D eigenvalue weighted by molar-refractivity contribution is -0.907. The van der Waals surface area contributed by atoms with E-state index in [9.17, 15) is 4.79 Å². The van der Waals surface area contributed by atoms with Crippen molar-refractivity contribution in [2.45, 2.75) is 26.4 Å². The average molecular weight is 343 g/mol. The molecular weight excluding hydrogens is 316 g/mol. The van der Waals surface area contributed by atoms with Gasteiger partial charge in [0, 0.05) is 11.3 Å². The Balaban J connectivity index is 2.08. The smallest absolute Gasteiger partial charge is 0.282 e. The molecular formula is C20H27N2O3+. The zero-order valence-corrected chi connectivity index (χ0v) is 15.6. The molecule has 0 saturated heterocycles. The van der Waals surface area contributed by atoms with Crippen LogP contribution in [0.3, 0.4) is 0 Å².